The standard InChI is InChI=1S/C33H55NO4/c1-19-16-21(17-34(20(2)35)28(3,4)5)38-26-25(19)30(8)14-15-33-18-32(33)13-12-24(36)29(6,7)22(32)10-11-23(33)31(30,9)27(26)37/h19,21-27,36-37H,10-18H2,1-9H3/t19-,21?,22+,23?,24?,25+,26?,27+,30-,31-,32-,33+/m1/s1. The quantitative estimate of drug-likeness (QED) is 0.474. The SMILES string of the molecule is CC(=O)N(CC1C[C@@H](C)[C@H]2C(O1)[C@H](O)[C@@]1(C)C3CC[C@H]4C(C)(C)C(O)CC[C@@]45C[C@@]35CC[C@]21C)C(C)(C)C. The van der Waals surface area contributed by atoms with Gasteiger partial charge in [0.1, 0.15) is 0 Å². The lowest BCUT2D eigenvalue weighted by Crippen LogP contribution is -2.59. The van der Waals surface area contributed by atoms with Gasteiger partial charge in [-0.25, -0.2) is 0 Å². The van der Waals surface area contributed by atoms with Crippen molar-refractivity contribution in [3.05, 3.63) is 0 Å². The Morgan fingerprint density at radius 3 is 2.24 bits per heavy atom. The summed E-state index contributed by atoms with van der Waals surface area (Å²) in [6, 6.07) is 0. The van der Waals surface area contributed by atoms with Crippen LogP contribution in [0, 0.1) is 50.7 Å². The second-order valence-corrected chi connectivity index (χ2v) is 17.0. The number of rotatable bonds is 2. The zero-order valence-electron chi connectivity index (χ0n) is 25.6. The van der Waals surface area contributed by atoms with Crippen molar-refractivity contribution in [2.24, 2.45) is 50.7 Å². The molecular formula is C33H55NO4. The van der Waals surface area contributed by atoms with Crippen LogP contribution in [0.25, 0.3) is 0 Å². The molecule has 6 aliphatic rings. The van der Waals surface area contributed by atoms with Crippen LogP contribution in [0.3, 0.4) is 0 Å². The molecule has 1 amide bonds. The van der Waals surface area contributed by atoms with Crippen molar-refractivity contribution in [2.45, 2.75) is 144 Å². The normalized spacial score (nSPS) is 54.6. The molecule has 5 saturated carbocycles. The maximum absolute atomic E-state index is 12.5. The van der Waals surface area contributed by atoms with Crippen LogP contribution in [0.4, 0.5) is 0 Å². The average molecular weight is 530 g/mol. The molecule has 0 aromatic carbocycles. The highest BCUT2D eigenvalue weighted by atomic mass is 16.5. The second-order valence-electron chi connectivity index (χ2n) is 17.0. The lowest BCUT2D eigenvalue weighted by molar-refractivity contribution is -0.182. The summed E-state index contributed by atoms with van der Waals surface area (Å²) in [7, 11) is 0. The van der Waals surface area contributed by atoms with E-state index in [1.54, 1.807) is 6.92 Å². The van der Waals surface area contributed by atoms with Gasteiger partial charge in [0.15, 0.2) is 0 Å². The summed E-state index contributed by atoms with van der Waals surface area (Å²) in [4.78, 5) is 14.5. The van der Waals surface area contributed by atoms with E-state index >= 15 is 0 Å². The number of aliphatic hydroxyl groups is 2. The van der Waals surface area contributed by atoms with E-state index in [0.29, 0.717) is 41.0 Å². The Kier molecular flexibility index (Phi) is 5.79. The Morgan fingerprint density at radius 2 is 1.61 bits per heavy atom. The molecule has 4 unspecified atom stereocenters. The van der Waals surface area contributed by atoms with E-state index in [2.05, 4.69) is 55.4 Å². The molecule has 12 atom stereocenters. The number of hydrogen-bond acceptors (Lipinski definition) is 4. The van der Waals surface area contributed by atoms with Crippen LogP contribution in [0.5, 0.6) is 0 Å². The molecule has 5 aliphatic carbocycles. The number of carbonyl (C=O) groups is 1. The van der Waals surface area contributed by atoms with Crippen LogP contribution in [-0.2, 0) is 9.53 Å². The number of nitrogens with zero attached hydrogens (tertiary/aromatic N) is 1. The summed E-state index contributed by atoms with van der Waals surface area (Å²) < 4.78 is 6.89. The third-order valence-electron chi connectivity index (χ3n) is 14.4. The fourth-order valence-corrected chi connectivity index (χ4v) is 12.6. The maximum Gasteiger partial charge on any atom is 0.219 e. The van der Waals surface area contributed by atoms with E-state index in [1.807, 2.05) is 4.90 Å². The number of aliphatic hydroxyl groups excluding tert-OH is 2. The molecule has 38 heavy (non-hydrogen) atoms. The number of amides is 1. The topological polar surface area (TPSA) is 70.0 Å². The molecule has 1 heterocycles. The first-order chi connectivity index (χ1) is 17.5. The Hall–Kier alpha value is -0.650. The van der Waals surface area contributed by atoms with E-state index in [4.69, 9.17) is 4.74 Å². The van der Waals surface area contributed by atoms with Crippen LogP contribution in [0.15, 0.2) is 0 Å². The number of ether oxygens (including phenoxy) is 1. The van der Waals surface area contributed by atoms with Gasteiger partial charge in [-0.1, -0.05) is 34.6 Å². The van der Waals surface area contributed by atoms with Gasteiger partial charge in [0.25, 0.3) is 0 Å². The van der Waals surface area contributed by atoms with Gasteiger partial charge in [-0.05, 0) is 117 Å². The fraction of sp³-hybridized carbons (Fsp3) is 0.970. The van der Waals surface area contributed by atoms with Crippen LogP contribution < -0.4 is 0 Å². The van der Waals surface area contributed by atoms with Gasteiger partial charge in [0, 0.05) is 24.4 Å². The van der Waals surface area contributed by atoms with Gasteiger partial charge in [0.05, 0.1) is 24.4 Å². The van der Waals surface area contributed by atoms with Gasteiger partial charge in [-0.3, -0.25) is 4.79 Å². The molecule has 6 fully saturated rings. The number of fused-ring (bicyclic) bond motifs is 4. The molecule has 0 aromatic heterocycles. The Morgan fingerprint density at radius 1 is 0.974 bits per heavy atom. The van der Waals surface area contributed by atoms with Crippen molar-refractivity contribution in [3.63, 3.8) is 0 Å². The fourth-order valence-electron chi connectivity index (χ4n) is 12.6. The molecule has 5 nitrogen and oxygen atoms in total. The van der Waals surface area contributed by atoms with E-state index in [0.717, 1.165) is 19.3 Å². The van der Waals surface area contributed by atoms with Gasteiger partial charge < -0.3 is 19.8 Å². The van der Waals surface area contributed by atoms with Crippen LogP contribution >= 0.6 is 0 Å². The largest absolute Gasteiger partial charge is 0.393 e. The first-order valence-electron chi connectivity index (χ1n) is 15.8. The molecule has 0 radical (unpaired) electrons. The van der Waals surface area contributed by atoms with Crippen LogP contribution in [0.1, 0.15) is 114 Å². The van der Waals surface area contributed by atoms with Crippen molar-refractivity contribution in [1.29, 1.82) is 0 Å². The molecule has 1 saturated heterocycles. The third kappa shape index (κ3) is 3.13. The predicted octanol–water partition coefficient (Wildman–Crippen LogP) is 5.81. The van der Waals surface area contributed by atoms with Crippen molar-refractivity contribution in [1.82, 2.24) is 4.90 Å². The summed E-state index contributed by atoms with van der Waals surface area (Å²) in [6.45, 7) is 20.5. The highest BCUT2D eigenvalue weighted by Gasteiger charge is 2.84. The number of hydrogen-bond donors (Lipinski definition) is 2. The molecule has 6 rings (SSSR count). The molecule has 5 heteroatoms. The monoisotopic (exact) mass is 529 g/mol. The van der Waals surface area contributed by atoms with E-state index in [-0.39, 0.29) is 46.0 Å². The highest BCUT2D eigenvalue weighted by molar-refractivity contribution is 5.74. The van der Waals surface area contributed by atoms with Crippen molar-refractivity contribution < 1.29 is 19.7 Å². The Bertz CT molecular complexity index is 1000. The van der Waals surface area contributed by atoms with Gasteiger partial charge in [0.2, 0.25) is 5.91 Å². The zero-order valence-corrected chi connectivity index (χ0v) is 25.6. The third-order valence-corrected chi connectivity index (χ3v) is 14.4. The Balaban J connectivity index is 1.31. The van der Waals surface area contributed by atoms with Gasteiger partial charge in [-0.15, -0.1) is 0 Å². The Labute approximate surface area is 231 Å². The molecule has 0 bridgehead atoms. The summed E-state index contributed by atoms with van der Waals surface area (Å²) in [6.07, 6.45) is 8.31. The minimum atomic E-state index is -0.471. The summed E-state index contributed by atoms with van der Waals surface area (Å²) in [5.74, 6) is 2.02. The zero-order chi connectivity index (χ0) is 27.8. The van der Waals surface area contributed by atoms with Crippen molar-refractivity contribution in [2.75, 3.05) is 6.54 Å². The maximum atomic E-state index is 12.5. The van der Waals surface area contributed by atoms with E-state index in [1.165, 1.54) is 32.1 Å². The lowest BCUT2D eigenvalue weighted by Gasteiger charge is -2.63. The minimum absolute atomic E-state index is 0.0167. The molecule has 216 valence electrons. The van der Waals surface area contributed by atoms with Crippen LogP contribution in [0.2, 0.25) is 0 Å². The summed E-state index contributed by atoms with van der Waals surface area (Å²) in [5.41, 5.74) is 0.320. The second kappa shape index (κ2) is 8.00. The first-order valence-corrected chi connectivity index (χ1v) is 15.8. The smallest absolute Gasteiger partial charge is 0.219 e. The van der Waals surface area contributed by atoms with Crippen LogP contribution in [-0.4, -0.2) is 57.5 Å². The minimum Gasteiger partial charge on any atom is -0.393 e. The van der Waals surface area contributed by atoms with Crippen molar-refractivity contribution in [3.8, 4) is 0 Å². The lowest BCUT2D eigenvalue weighted by atomic mass is 9.41. The molecule has 1 aliphatic heterocycles. The van der Waals surface area contributed by atoms with Gasteiger partial charge in [-0.2, -0.15) is 0 Å². The number of carbonyl (C=O) groups excluding carboxylic acids is 1. The average Bonchev–Trinajstić information content (AvgIpc) is 3.44. The molecular weight excluding hydrogens is 474 g/mol. The molecule has 2 spiro atoms. The summed E-state index contributed by atoms with van der Waals surface area (Å²) in [5, 5.41) is 23.3. The van der Waals surface area contributed by atoms with Crippen molar-refractivity contribution >= 4 is 5.91 Å². The van der Waals surface area contributed by atoms with E-state index in [9.17, 15) is 15.0 Å². The first kappa shape index (κ1) is 27.5. The highest BCUT2D eigenvalue weighted by Crippen LogP contribution is 2.89. The molecule has 0 aromatic rings. The summed E-state index contributed by atoms with van der Waals surface area (Å²) >= 11 is 0. The predicted molar refractivity (Wildman–Crippen MR) is 149 cm³/mol. The van der Waals surface area contributed by atoms with E-state index < -0.39 is 6.10 Å². The molecule has 2 N–H and O–H groups in total. The van der Waals surface area contributed by atoms with Gasteiger partial charge >= 0.3 is 0 Å².